The molecule has 0 amide bonds. The molecular formula is C16H18O3. The third kappa shape index (κ3) is 3.25. The van der Waals surface area contributed by atoms with Gasteiger partial charge in [0.2, 0.25) is 0 Å². The molecule has 3 nitrogen and oxygen atoms in total. The molecule has 100 valence electrons. The van der Waals surface area contributed by atoms with Crippen molar-refractivity contribution in [2.75, 3.05) is 13.7 Å². The van der Waals surface area contributed by atoms with Crippen LogP contribution in [0.2, 0.25) is 0 Å². The van der Waals surface area contributed by atoms with Gasteiger partial charge < -0.3 is 9.47 Å². The van der Waals surface area contributed by atoms with Crippen molar-refractivity contribution in [2.24, 2.45) is 0 Å². The Morgan fingerprint density at radius 2 is 1.84 bits per heavy atom. The van der Waals surface area contributed by atoms with Crippen molar-refractivity contribution in [2.45, 2.75) is 19.8 Å². The summed E-state index contributed by atoms with van der Waals surface area (Å²) in [5, 5.41) is 2.05. The molecule has 0 fully saturated rings. The summed E-state index contributed by atoms with van der Waals surface area (Å²) < 4.78 is 10.4. The predicted octanol–water partition coefficient (Wildman–Crippen LogP) is 3.81. The van der Waals surface area contributed by atoms with Crippen LogP contribution in [0.5, 0.6) is 5.75 Å². The molecule has 0 aromatic heterocycles. The number of carbonyl (C=O) groups is 1. The molecule has 0 bridgehead atoms. The van der Waals surface area contributed by atoms with Gasteiger partial charge in [0.25, 0.3) is 0 Å². The summed E-state index contributed by atoms with van der Waals surface area (Å²) in [6, 6.07) is 11.3. The molecule has 2 rings (SSSR count). The Kier molecular flexibility index (Phi) is 4.39. The quantitative estimate of drug-likeness (QED) is 0.604. The van der Waals surface area contributed by atoms with Gasteiger partial charge in [0.15, 0.2) is 0 Å². The first-order valence-electron chi connectivity index (χ1n) is 6.49. The van der Waals surface area contributed by atoms with Crippen LogP contribution in [0.3, 0.4) is 0 Å². The van der Waals surface area contributed by atoms with Gasteiger partial charge in [-0.3, -0.25) is 0 Å². The van der Waals surface area contributed by atoms with Crippen molar-refractivity contribution < 1.29 is 14.3 Å². The van der Waals surface area contributed by atoms with Crippen LogP contribution in [0.1, 0.15) is 30.1 Å². The van der Waals surface area contributed by atoms with Crippen molar-refractivity contribution in [3.63, 3.8) is 0 Å². The minimum atomic E-state index is -0.258. The van der Waals surface area contributed by atoms with E-state index >= 15 is 0 Å². The summed E-state index contributed by atoms with van der Waals surface area (Å²) in [5.74, 6) is 0.553. The average molecular weight is 258 g/mol. The fourth-order valence-electron chi connectivity index (χ4n) is 1.87. The van der Waals surface area contributed by atoms with Crippen LogP contribution in [0, 0.1) is 0 Å². The lowest BCUT2D eigenvalue weighted by Gasteiger charge is -2.06. The Balaban J connectivity index is 2.19. The van der Waals surface area contributed by atoms with Crippen LogP contribution in [0.4, 0.5) is 0 Å². The highest BCUT2D eigenvalue weighted by Gasteiger charge is 2.07. The second-order valence-electron chi connectivity index (χ2n) is 4.42. The van der Waals surface area contributed by atoms with Crippen LogP contribution in [0.15, 0.2) is 36.4 Å². The Hall–Kier alpha value is -2.03. The van der Waals surface area contributed by atoms with E-state index in [1.807, 2.05) is 30.3 Å². The third-order valence-corrected chi connectivity index (χ3v) is 3.01. The highest BCUT2D eigenvalue weighted by Crippen LogP contribution is 2.22. The Labute approximate surface area is 113 Å². The van der Waals surface area contributed by atoms with Gasteiger partial charge in [0.1, 0.15) is 5.75 Å². The molecule has 0 aliphatic rings. The fourth-order valence-corrected chi connectivity index (χ4v) is 1.87. The number of hydrogen-bond acceptors (Lipinski definition) is 3. The smallest absolute Gasteiger partial charge is 0.338 e. The molecule has 0 unspecified atom stereocenters. The summed E-state index contributed by atoms with van der Waals surface area (Å²) in [6.07, 6.45) is 1.92. The van der Waals surface area contributed by atoms with Gasteiger partial charge in [-0.05, 0) is 41.5 Å². The number of carbonyl (C=O) groups excluding carboxylic acids is 1. The second kappa shape index (κ2) is 6.23. The third-order valence-electron chi connectivity index (χ3n) is 3.01. The van der Waals surface area contributed by atoms with Crippen molar-refractivity contribution in [1.29, 1.82) is 0 Å². The second-order valence-corrected chi connectivity index (χ2v) is 4.42. The number of ether oxygens (including phenoxy) is 2. The summed E-state index contributed by atoms with van der Waals surface area (Å²) in [7, 11) is 1.64. The minimum Gasteiger partial charge on any atom is -0.497 e. The van der Waals surface area contributed by atoms with Gasteiger partial charge >= 0.3 is 5.97 Å². The summed E-state index contributed by atoms with van der Waals surface area (Å²) in [5.41, 5.74) is 0.591. The molecule has 0 N–H and O–H groups in total. The largest absolute Gasteiger partial charge is 0.497 e. The first-order chi connectivity index (χ1) is 9.24. The van der Waals surface area contributed by atoms with E-state index < -0.39 is 0 Å². The Morgan fingerprint density at radius 1 is 1.11 bits per heavy atom. The maximum atomic E-state index is 11.8. The van der Waals surface area contributed by atoms with E-state index in [1.165, 1.54) is 0 Å². The van der Waals surface area contributed by atoms with Crippen LogP contribution < -0.4 is 4.74 Å². The van der Waals surface area contributed by atoms with Crippen LogP contribution in [0.25, 0.3) is 10.8 Å². The molecule has 0 aliphatic heterocycles. The van der Waals surface area contributed by atoms with Crippen molar-refractivity contribution in [3.05, 3.63) is 42.0 Å². The standard InChI is InChI=1S/C16H18O3/c1-3-4-9-19-16(17)14-6-5-13-11-15(18-2)8-7-12(13)10-14/h5-8,10-11H,3-4,9H2,1-2H3. The molecule has 0 heterocycles. The predicted molar refractivity (Wildman–Crippen MR) is 75.7 cm³/mol. The molecule has 0 aliphatic carbocycles. The number of methoxy groups -OCH3 is 1. The van der Waals surface area contributed by atoms with Gasteiger partial charge in [-0.1, -0.05) is 25.5 Å². The number of esters is 1. The van der Waals surface area contributed by atoms with E-state index in [2.05, 4.69) is 6.92 Å². The normalized spacial score (nSPS) is 10.4. The van der Waals surface area contributed by atoms with Crippen LogP contribution in [-0.4, -0.2) is 19.7 Å². The molecular weight excluding hydrogens is 240 g/mol. The van der Waals surface area contributed by atoms with Crippen molar-refractivity contribution >= 4 is 16.7 Å². The molecule has 2 aromatic rings. The number of unbranched alkanes of at least 4 members (excludes halogenated alkanes) is 1. The molecule has 0 spiro atoms. The molecule has 0 atom stereocenters. The zero-order valence-corrected chi connectivity index (χ0v) is 11.3. The number of rotatable bonds is 5. The minimum absolute atomic E-state index is 0.258. The molecule has 3 heteroatoms. The number of fused-ring (bicyclic) bond motifs is 1. The lowest BCUT2D eigenvalue weighted by Crippen LogP contribution is -2.06. The number of benzene rings is 2. The summed E-state index contributed by atoms with van der Waals surface area (Å²) in [4.78, 5) is 11.8. The van der Waals surface area contributed by atoms with E-state index in [-0.39, 0.29) is 5.97 Å². The lowest BCUT2D eigenvalue weighted by atomic mass is 10.1. The highest BCUT2D eigenvalue weighted by molar-refractivity contribution is 5.95. The monoisotopic (exact) mass is 258 g/mol. The molecule has 19 heavy (non-hydrogen) atoms. The van der Waals surface area contributed by atoms with Crippen LogP contribution in [-0.2, 0) is 4.74 Å². The Morgan fingerprint density at radius 3 is 2.58 bits per heavy atom. The topological polar surface area (TPSA) is 35.5 Å². The van der Waals surface area contributed by atoms with Gasteiger partial charge in [-0.15, -0.1) is 0 Å². The van der Waals surface area contributed by atoms with Gasteiger partial charge in [-0.25, -0.2) is 4.79 Å². The van der Waals surface area contributed by atoms with E-state index in [0.29, 0.717) is 12.2 Å². The molecule has 0 saturated heterocycles. The lowest BCUT2D eigenvalue weighted by molar-refractivity contribution is 0.0500. The summed E-state index contributed by atoms with van der Waals surface area (Å²) >= 11 is 0. The van der Waals surface area contributed by atoms with Gasteiger partial charge in [0.05, 0.1) is 19.3 Å². The highest BCUT2D eigenvalue weighted by atomic mass is 16.5. The molecule has 0 saturated carbocycles. The fraction of sp³-hybridized carbons (Fsp3) is 0.312. The molecule has 0 radical (unpaired) electrons. The first kappa shape index (κ1) is 13.4. The maximum Gasteiger partial charge on any atom is 0.338 e. The Bertz CT molecular complexity index is 575. The van der Waals surface area contributed by atoms with E-state index in [0.717, 1.165) is 29.4 Å². The number of hydrogen-bond donors (Lipinski definition) is 0. The van der Waals surface area contributed by atoms with Gasteiger partial charge in [-0.2, -0.15) is 0 Å². The van der Waals surface area contributed by atoms with Crippen molar-refractivity contribution in [1.82, 2.24) is 0 Å². The molecule has 2 aromatic carbocycles. The van der Waals surface area contributed by atoms with Crippen molar-refractivity contribution in [3.8, 4) is 5.75 Å². The van der Waals surface area contributed by atoms with Gasteiger partial charge in [0, 0.05) is 0 Å². The van der Waals surface area contributed by atoms with E-state index in [1.54, 1.807) is 13.2 Å². The first-order valence-corrected chi connectivity index (χ1v) is 6.49. The zero-order valence-electron chi connectivity index (χ0n) is 11.3. The zero-order chi connectivity index (χ0) is 13.7. The van der Waals surface area contributed by atoms with E-state index in [4.69, 9.17) is 9.47 Å². The maximum absolute atomic E-state index is 11.8. The van der Waals surface area contributed by atoms with E-state index in [9.17, 15) is 4.79 Å². The van der Waals surface area contributed by atoms with Crippen LogP contribution >= 0.6 is 0 Å². The summed E-state index contributed by atoms with van der Waals surface area (Å²) in [6.45, 7) is 2.55. The average Bonchev–Trinajstić information content (AvgIpc) is 2.46. The SMILES string of the molecule is CCCCOC(=O)c1ccc2cc(OC)ccc2c1.